The number of carbonyl (C=O) groups excluding carboxylic acids is 3. The Morgan fingerprint density at radius 3 is 1.57 bits per heavy atom. The van der Waals surface area contributed by atoms with Gasteiger partial charge < -0.3 is 28.6 Å². The summed E-state index contributed by atoms with van der Waals surface area (Å²) >= 11 is 0. The van der Waals surface area contributed by atoms with Gasteiger partial charge in [-0.25, -0.2) is 0 Å². The Morgan fingerprint density at radius 2 is 1.06 bits per heavy atom. The molecule has 0 bridgehead atoms. The molecule has 0 aliphatic carbocycles. The van der Waals surface area contributed by atoms with Gasteiger partial charge in [0.05, 0.1) is 40.3 Å². The molecule has 0 aromatic heterocycles. The second-order valence-electron chi connectivity index (χ2n) is 15.6. The standard InChI is InChI=1S/C45H81NO7/c1-6-8-10-12-14-16-18-20-21-22-24-25-27-29-31-33-35-43(47)52-40-41(39-51-38-37-42(45(49)50)46(3,4)5)53-44(48)36-34-32-30-28-26-23-19-17-15-13-11-9-7-2/h8,10,14,16,20-21,41-42H,6-7,9,11-13,15,17-19,22-40H2,1-5H3/b10-8+,16-14+,21-20+. The first-order chi connectivity index (χ1) is 25.6. The number of carboxylic acid groups (broad SMARTS) is 1. The van der Waals surface area contributed by atoms with E-state index in [2.05, 4.69) is 50.3 Å². The second kappa shape index (κ2) is 36.5. The molecule has 0 rings (SSSR count). The van der Waals surface area contributed by atoms with Gasteiger partial charge >= 0.3 is 11.9 Å². The van der Waals surface area contributed by atoms with Crippen LogP contribution in [0.4, 0.5) is 0 Å². The molecule has 308 valence electrons. The SMILES string of the molecule is CC/C=C/C/C=C/C/C=C/CCCCCCCCC(=O)OCC(COCCC(C(=O)[O-])[N+](C)(C)C)OC(=O)CCCCCCCCCCCCCCC. The lowest BCUT2D eigenvalue weighted by Crippen LogP contribution is -2.55. The van der Waals surface area contributed by atoms with Crippen molar-refractivity contribution in [3.05, 3.63) is 36.5 Å². The van der Waals surface area contributed by atoms with Crippen molar-refractivity contribution < 1.29 is 38.2 Å². The summed E-state index contributed by atoms with van der Waals surface area (Å²) in [6.45, 7) is 4.54. The zero-order chi connectivity index (χ0) is 39.3. The first kappa shape index (κ1) is 50.5. The molecule has 8 heteroatoms. The van der Waals surface area contributed by atoms with Gasteiger partial charge in [0.15, 0.2) is 6.10 Å². The van der Waals surface area contributed by atoms with Crippen molar-refractivity contribution in [3.63, 3.8) is 0 Å². The predicted octanol–water partition coefficient (Wildman–Crippen LogP) is 10.1. The second-order valence-corrected chi connectivity index (χ2v) is 15.6. The fourth-order valence-corrected chi connectivity index (χ4v) is 6.20. The van der Waals surface area contributed by atoms with Crippen molar-refractivity contribution >= 4 is 17.9 Å². The van der Waals surface area contributed by atoms with E-state index in [0.717, 1.165) is 70.6 Å². The topological polar surface area (TPSA) is 102 Å². The fourth-order valence-electron chi connectivity index (χ4n) is 6.20. The number of carbonyl (C=O) groups is 3. The third kappa shape index (κ3) is 35.0. The molecule has 0 aromatic rings. The Kier molecular flexibility index (Phi) is 34.8. The summed E-state index contributed by atoms with van der Waals surface area (Å²) in [7, 11) is 5.40. The van der Waals surface area contributed by atoms with Gasteiger partial charge in [0.1, 0.15) is 12.6 Å². The van der Waals surface area contributed by atoms with Gasteiger partial charge in [-0.3, -0.25) is 9.59 Å². The maximum Gasteiger partial charge on any atom is 0.306 e. The minimum atomic E-state index is -1.13. The number of hydrogen-bond donors (Lipinski definition) is 0. The first-order valence-electron chi connectivity index (χ1n) is 21.5. The number of ether oxygens (including phenoxy) is 3. The van der Waals surface area contributed by atoms with Gasteiger partial charge in [-0.15, -0.1) is 0 Å². The lowest BCUT2D eigenvalue weighted by molar-refractivity contribution is -0.889. The molecule has 0 N–H and O–H groups in total. The number of carboxylic acids is 1. The number of unbranched alkanes of at least 4 members (excludes halogenated alkanes) is 18. The lowest BCUT2D eigenvalue weighted by atomic mass is 10.0. The minimum absolute atomic E-state index is 0.0388. The Morgan fingerprint density at radius 1 is 0.585 bits per heavy atom. The van der Waals surface area contributed by atoms with Gasteiger partial charge in [0.25, 0.3) is 0 Å². The van der Waals surface area contributed by atoms with Crippen molar-refractivity contribution in [2.75, 3.05) is 41.0 Å². The molecule has 0 fully saturated rings. The highest BCUT2D eigenvalue weighted by atomic mass is 16.6. The number of esters is 2. The van der Waals surface area contributed by atoms with Crippen molar-refractivity contribution in [2.45, 2.75) is 193 Å². The fraction of sp³-hybridized carbons (Fsp3) is 0.800. The molecule has 0 saturated carbocycles. The number of likely N-dealkylation sites (N-methyl/N-ethyl adjacent to an activating group) is 1. The highest BCUT2D eigenvalue weighted by Gasteiger charge is 2.25. The van der Waals surface area contributed by atoms with Crippen LogP contribution in [-0.4, -0.2) is 75.5 Å². The molecule has 0 radical (unpaired) electrons. The van der Waals surface area contributed by atoms with Crippen LogP contribution in [-0.2, 0) is 28.6 Å². The molecule has 0 amide bonds. The number of hydrogen-bond acceptors (Lipinski definition) is 7. The molecule has 0 aliphatic rings. The average Bonchev–Trinajstić information content (AvgIpc) is 3.11. The summed E-state index contributed by atoms with van der Waals surface area (Å²) in [5.74, 6) is -1.75. The molecule has 0 saturated heterocycles. The zero-order valence-electron chi connectivity index (χ0n) is 34.9. The van der Waals surface area contributed by atoms with E-state index < -0.39 is 18.1 Å². The van der Waals surface area contributed by atoms with E-state index in [-0.39, 0.29) is 42.7 Å². The van der Waals surface area contributed by atoms with Crippen LogP contribution in [0.2, 0.25) is 0 Å². The van der Waals surface area contributed by atoms with Crippen LogP contribution in [0.3, 0.4) is 0 Å². The van der Waals surface area contributed by atoms with Crippen LogP contribution >= 0.6 is 0 Å². The molecule has 8 nitrogen and oxygen atoms in total. The van der Waals surface area contributed by atoms with Gasteiger partial charge in [-0.1, -0.05) is 153 Å². The minimum Gasteiger partial charge on any atom is -0.544 e. The summed E-state index contributed by atoms with van der Waals surface area (Å²) in [6, 6.07) is -0.725. The maximum atomic E-state index is 12.7. The number of nitrogens with zero attached hydrogens (tertiary/aromatic N) is 1. The zero-order valence-corrected chi connectivity index (χ0v) is 34.9. The summed E-state index contributed by atoms with van der Waals surface area (Å²) in [6.07, 6.45) is 40.2. The average molecular weight is 748 g/mol. The molecular weight excluding hydrogens is 666 g/mol. The summed E-state index contributed by atoms with van der Waals surface area (Å²) in [5.41, 5.74) is 0. The molecule has 53 heavy (non-hydrogen) atoms. The third-order valence-corrected chi connectivity index (χ3v) is 9.54. The molecular formula is C45H81NO7. The van der Waals surface area contributed by atoms with Gasteiger partial charge in [0, 0.05) is 19.3 Å². The Bertz CT molecular complexity index is 968. The monoisotopic (exact) mass is 748 g/mol. The summed E-state index contributed by atoms with van der Waals surface area (Å²) in [4.78, 5) is 36.8. The summed E-state index contributed by atoms with van der Waals surface area (Å²) in [5, 5.41) is 11.6. The molecule has 0 aliphatic heterocycles. The third-order valence-electron chi connectivity index (χ3n) is 9.54. The Labute approximate surface area is 325 Å². The number of allylic oxidation sites excluding steroid dienone is 6. The van der Waals surface area contributed by atoms with Crippen LogP contribution in [0.5, 0.6) is 0 Å². The van der Waals surface area contributed by atoms with Crippen molar-refractivity contribution in [1.82, 2.24) is 0 Å². The van der Waals surface area contributed by atoms with E-state index in [1.165, 1.54) is 77.0 Å². The first-order valence-corrected chi connectivity index (χ1v) is 21.5. The van der Waals surface area contributed by atoms with E-state index in [0.29, 0.717) is 12.8 Å². The molecule has 0 spiro atoms. The highest BCUT2D eigenvalue weighted by molar-refractivity contribution is 5.70. The largest absolute Gasteiger partial charge is 0.544 e. The van der Waals surface area contributed by atoms with Crippen LogP contribution in [0.15, 0.2) is 36.5 Å². The quantitative estimate of drug-likeness (QED) is 0.0268. The van der Waals surface area contributed by atoms with E-state index in [4.69, 9.17) is 14.2 Å². The van der Waals surface area contributed by atoms with Gasteiger partial charge in [-0.05, 0) is 44.9 Å². The predicted molar refractivity (Wildman–Crippen MR) is 217 cm³/mol. The van der Waals surface area contributed by atoms with Crippen molar-refractivity contribution in [3.8, 4) is 0 Å². The summed E-state index contributed by atoms with van der Waals surface area (Å²) < 4.78 is 17.1. The van der Waals surface area contributed by atoms with E-state index in [1.54, 1.807) is 21.1 Å². The Hall–Kier alpha value is -2.45. The molecule has 0 aromatic carbocycles. The van der Waals surface area contributed by atoms with Crippen molar-refractivity contribution in [2.24, 2.45) is 0 Å². The van der Waals surface area contributed by atoms with Crippen LogP contribution in [0, 0.1) is 0 Å². The van der Waals surface area contributed by atoms with E-state index in [1.807, 2.05) is 0 Å². The van der Waals surface area contributed by atoms with E-state index >= 15 is 0 Å². The highest BCUT2D eigenvalue weighted by Crippen LogP contribution is 2.15. The molecule has 2 atom stereocenters. The van der Waals surface area contributed by atoms with Crippen LogP contribution in [0.25, 0.3) is 0 Å². The van der Waals surface area contributed by atoms with Gasteiger partial charge in [-0.2, -0.15) is 0 Å². The number of quaternary nitrogens is 1. The smallest absolute Gasteiger partial charge is 0.306 e. The van der Waals surface area contributed by atoms with Crippen LogP contribution in [0.1, 0.15) is 181 Å². The molecule has 0 heterocycles. The Balaban J connectivity index is 4.36. The normalized spacial score (nSPS) is 13.3. The van der Waals surface area contributed by atoms with Crippen LogP contribution < -0.4 is 5.11 Å². The maximum absolute atomic E-state index is 12.7. The molecule has 2 unspecified atom stereocenters. The van der Waals surface area contributed by atoms with Crippen molar-refractivity contribution in [1.29, 1.82) is 0 Å². The lowest BCUT2D eigenvalue weighted by Gasteiger charge is -2.34. The van der Waals surface area contributed by atoms with Gasteiger partial charge in [0.2, 0.25) is 0 Å². The van der Waals surface area contributed by atoms with E-state index in [9.17, 15) is 19.5 Å². The number of aliphatic carboxylic acids is 1. The number of rotatable bonds is 38.